The van der Waals surface area contributed by atoms with Crippen molar-refractivity contribution in [3.8, 4) is 0 Å². The molecule has 1 aromatic rings. The number of rotatable bonds is 3. The van der Waals surface area contributed by atoms with Crippen LogP contribution >= 0.6 is 15.9 Å². The minimum atomic E-state index is -0.134. The highest BCUT2D eigenvalue weighted by Crippen LogP contribution is 2.08. The fraction of sp³-hybridized carbons (Fsp3) is 0.500. The van der Waals surface area contributed by atoms with Crippen LogP contribution in [0.1, 0.15) is 20.3 Å². The zero-order valence-electron chi connectivity index (χ0n) is 8.46. The van der Waals surface area contributed by atoms with E-state index in [2.05, 4.69) is 29.8 Å². The Labute approximate surface area is 92.1 Å². The number of nitrogens with zero attached hydrogens (tertiary/aromatic N) is 1. The van der Waals surface area contributed by atoms with Crippen LogP contribution in [0.4, 0.5) is 5.69 Å². The maximum atomic E-state index is 11.3. The van der Waals surface area contributed by atoms with Crippen LogP contribution in [0.5, 0.6) is 0 Å². The summed E-state index contributed by atoms with van der Waals surface area (Å²) < 4.78 is 2.47. The van der Waals surface area contributed by atoms with Gasteiger partial charge in [0.2, 0.25) is 5.43 Å². The lowest BCUT2D eigenvalue weighted by atomic mass is 10.1. The van der Waals surface area contributed by atoms with Crippen molar-refractivity contribution in [2.45, 2.75) is 26.8 Å². The highest BCUT2D eigenvalue weighted by atomic mass is 79.9. The second-order valence-corrected chi connectivity index (χ2v) is 4.67. The Balaban J connectivity index is 2.85. The molecular weight excluding hydrogens is 244 g/mol. The van der Waals surface area contributed by atoms with E-state index in [-0.39, 0.29) is 5.43 Å². The molecule has 0 bridgehead atoms. The van der Waals surface area contributed by atoms with Gasteiger partial charge in [0.15, 0.2) is 0 Å². The van der Waals surface area contributed by atoms with Gasteiger partial charge in [-0.1, -0.05) is 13.8 Å². The van der Waals surface area contributed by atoms with Gasteiger partial charge in [0.25, 0.3) is 0 Å². The Morgan fingerprint density at radius 3 is 2.64 bits per heavy atom. The molecule has 78 valence electrons. The summed E-state index contributed by atoms with van der Waals surface area (Å²) in [6.07, 6.45) is 4.55. The lowest BCUT2D eigenvalue weighted by molar-refractivity contribution is 0.514. The van der Waals surface area contributed by atoms with E-state index in [1.54, 1.807) is 12.4 Å². The van der Waals surface area contributed by atoms with Crippen LogP contribution in [0.3, 0.4) is 0 Å². The maximum Gasteiger partial charge on any atom is 0.218 e. The second kappa shape index (κ2) is 4.64. The summed E-state index contributed by atoms with van der Waals surface area (Å²) in [5.41, 5.74) is 5.73. The van der Waals surface area contributed by atoms with Crippen LogP contribution in [0, 0.1) is 5.92 Å². The van der Waals surface area contributed by atoms with Gasteiger partial charge in [-0.25, -0.2) is 0 Å². The SMILES string of the molecule is CC(C)CCn1cc(N)c(=O)c(Br)c1. The number of aromatic nitrogens is 1. The normalized spacial score (nSPS) is 10.9. The fourth-order valence-electron chi connectivity index (χ4n) is 1.15. The van der Waals surface area contributed by atoms with Crippen molar-refractivity contribution in [2.75, 3.05) is 5.73 Å². The molecule has 0 aliphatic heterocycles. The van der Waals surface area contributed by atoms with Crippen LogP contribution in [0.2, 0.25) is 0 Å². The van der Waals surface area contributed by atoms with E-state index in [0.717, 1.165) is 13.0 Å². The van der Waals surface area contributed by atoms with Gasteiger partial charge in [0, 0.05) is 18.9 Å². The van der Waals surface area contributed by atoms with E-state index >= 15 is 0 Å². The van der Waals surface area contributed by atoms with Gasteiger partial charge in [0.1, 0.15) is 0 Å². The van der Waals surface area contributed by atoms with Crippen LogP contribution in [0.25, 0.3) is 0 Å². The average molecular weight is 259 g/mol. The molecule has 0 spiro atoms. The molecule has 0 aliphatic rings. The molecule has 1 aromatic heterocycles. The third kappa shape index (κ3) is 2.87. The first-order valence-corrected chi connectivity index (χ1v) is 5.45. The number of pyridine rings is 1. The van der Waals surface area contributed by atoms with Crippen LogP contribution < -0.4 is 11.2 Å². The van der Waals surface area contributed by atoms with Crippen molar-refractivity contribution in [1.29, 1.82) is 0 Å². The Hall–Kier alpha value is -0.770. The standard InChI is InChI=1S/C10H15BrN2O/c1-7(2)3-4-13-5-8(11)10(14)9(12)6-13/h5-7H,3-4,12H2,1-2H3. The molecule has 2 N–H and O–H groups in total. The molecule has 0 saturated carbocycles. The number of aryl methyl sites for hydroxylation is 1. The number of anilines is 1. The zero-order chi connectivity index (χ0) is 10.7. The number of halogens is 1. The summed E-state index contributed by atoms with van der Waals surface area (Å²) in [5.74, 6) is 0.648. The van der Waals surface area contributed by atoms with E-state index in [9.17, 15) is 4.79 Å². The molecule has 0 unspecified atom stereocenters. The Bertz CT molecular complexity index is 345. The van der Waals surface area contributed by atoms with Gasteiger partial charge in [-0.15, -0.1) is 0 Å². The maximum absolute atomic E-state index is 11.3. The van der Waals surface area contributed by atoms with Gasteiger partial charge in [-0.3, -0.25) is 4.79 Å². The average Bonchev–Trinajstić information content (AvgIpc) is 2.10. The van der Waals surface area contributed by atoms with Crippen LogP contribution in [-0.2, 0) is 6.54 Å². The predicted molar refractivity (Wildman–Crippen MR) is 62.3 cm³/mol. The van der Waals surface area contributed by atoms with Gasteiger partial charge < -0.3 is 10.3 Å². The summed E-state index contributed by atoms with van der Waals surface area (Å²) in [4.78, 5) is 11.3. The first-order valence-electron chi connectivity index (χ1n) is 4.65. The van der Waals surface area contributed by atoms with Crippen molar-refractivity contribution in [3.05, 3.63) is 27.1 Å². The smallest absolute Gasteiger partial charge is 0.218 e. The molecule has 0 radical (unpaired) electrons. The fourth-order valence-corrected chi connectivity index (χ4v) is 1.64. The third-order valence-corrected chi connectivity index (χ3v) is 2.59. The monoisotopic (exact) mass is 258 g/mol. The summed E-state index contributed by atoms with van der Waals surface area (Å²) in [6, 6.07) is 0. The highest BCUT2D eigenvalue weighted by molar-refractivity contribution is 9.10. The van der Waals surface area contributed by atoms with E-state index in [0.29, 0.717) is 16.1 Å². The van der Waals surface area contributed by atoms with E-state index < -0.39 is 0 Å². The highest BCUT2D eigenvalue weighted by Gasteiger charge is 2.02. The van der Waals surface area contributed by atoms with Gasteiger partial charge in [-0.05, 0) is 28.3 Å². The molecule has 0 amide bonds. The molecular formula is C10H15BrN2O. The van der Waals surface area contributed by atoms with Gasteiger partial charge in [0.05, 0.1) is 10.2 Å². The molecule has 0 atom stereocenters. The predicted octanol–water partition coefficient (Wildman–Crippen LogP) is 2.24. The van der Waals surface area contributed by atoms with E-state index in [1.165, 1.54) is 0 Å². The largest absolute Gasteiger partial charge is 0.394 e. The second-order valence-electron chi connectivity index (χ2n) is 3.81. The first-order chi connectivity index (χ1) is 6.50. The molecule has 0 saturated heterocycles. The van der Waals surface area contributed by atoms with Gasteiger partial charge in [-0.2, -0.15) is 0 Å². The molecule has 0 fully saturated rings. The van der Waals surface area contributed by atoms with Crippen molar-refractivity contribution in [1.82, 2.24) is 4.57 Å². The summed E-state index contributed by atoms with van der Waals surface area (Å²) in [7, 11) is 0. The number of nitrogens with two attached hydrogens (primary N) is 1. The minimum absolute atomic E-state index is 0.134. The van der Waals surface area contributed by atoms with E-state index in [4.69, 9.17) is 5.73 Å². The molecule has 0 aliphatic carbocycles. The molecule has 14 heavy (non-hydrogen) atoms. The quantitative estimate of drug-likeness (QED) is 0.904. The summed E-state index contributed by atoms with van der Waals surface area (Å²) in [5, 5.41) is 0. The summed E-state index contributed by atoms with van der Waals surface area (Å²) >= 11 is 3.19. The number of hydrogen-bond donors (Lipinski definition) is 1. The molecule has 4 heteroatoms. The van der Waals surface area contributed by atoms with Crippen LogP contribution in [0.15, 0.2) is 21.7 Å². The van der Waals surface area contributed by atoms with Crippen molar-refractivity contribution in [3.63, 3.8) is 0 Å². The third-order valence-electron chi connectivity index (χ3n) is 2.03. The Morgan fingerprint density at radius 1 is 1.50 bits per heavy atom. The lowest BCUT2D eigenvalue weighted by Gasteiger charge is -2.09. The Kier molecular flexibility index (Phi) is 3.75. The van der Waals surface area contributed by atoms with Crippen molar-refractivity contribution < 1.29 is 0 Å². The molecule has 3 nitrogen and oxygen atoms in total. The first kappa shape index (κ1) is 11.3. The molecule has 1 heterocycles. The van der Waals surface area contributed by atoms with Crippen molar-refractivity contribution in [2.24, 2.45) is 5.92 Å². The minimum Gasteiger partial charge on any atom is -0.394 e. The van der Waals surface area contributed by atoms with E-state index in [1.807, 2.05) is 4.57 Å². The topological polar surface area (TPSA) is 48.0 Å². The molecule has 1 rings (SSSR count). The van der Waals surface area contributed by atoms with Crippen molar-refractivity contribution >= 4 is 21.6 Å². The van der Waals surface area contributed by atoms with Gasteiger partial charge >= 0.3 is 0 Å². The lowest BCUT2D eigenvalue weighted by Crippen LogP contribution is -2.13. The van der Waals surface area contributed by atoms with Crippen LogP contribution in [-0.4, -0.2) is 4.57 Å². The number of nitrogen functional groups attached to an aromatic ring is 1. The molecule has 0 aromatic carbocycles. The number of hydrogen-bond acceptors (Lipinski definition) is 2. The zero-order valence-corrected chi connectivity index (χ0v) is 10.0. The summed E-state index contributed by atoms with van der Waals surface area (Å²) in [6.45, 7) is 5.22. The Morgan fingerprint density at radius 2 is 2.14 bits per heavy atom.